The standard InChI is InChI=1S/C12H14F3NO2.ClH/c1-2-3-4-10(16)9-7-8(5-6-11(9)17)18-12(13,14)15;/h2,5-7,10,17H,1,3-4,16H2;1H/t10-;/m1./s1. The SMILES string of the molecule is C=CCC[C@@H](N)c1cc(OC(F)(F)F)ccc1O.Cl. The summed E-state index contributed by atoms with van der Waals surface area (Å²) in [7, 11) is 0. The lowest BCUT2D eigenvalue weighted by Gasteiger charge is -2.15. The van der Waals surface area contributed by atoms with Crippen LogP contribution in [0.1, 0.15) is 24.4 Å². The topological polar surface area (TPSA) is 55.5 Å². The molecule has 19 heavy (non-hydrogen) atoms. The molecule has 0 aromatic heterocycles. The zero-order valence-electron chi connectivity index (χ0n) is 9.98. The smallest absolute Gasteiger partial charge is 0.508 e. The Morgan fingerprint density at radius 3 is 2.58 bits per heavy atom. The fraction of sp³-hybridized carbons (Fsp3) is 0.333. The Hall–Kier alpha value is -1.40. The molecular weight excluding hydrogens is 283 g/mol. The molecule has 0 aliphatic heterocycles. The van der Waals surface area contributed by atoms with E-state index in [-0.39, 0.29) is 23.7 Å². The summed E-state index contributed by atoms with van der Waals surface area (Å²) in [6, 6.07) is 2.69. The van der Waals surface area contributed by atoms with Gasteiger partial charge in [-0.3, -0.25) is 0 Å². The van der Waals surface area contributed by atoms with Gasteiger partial charge in [0, 0.05) is 11.6 Å². The minimum Gasteiger partial charge on any atom is -0.508 e. The number of hydrogen-bond donors (Lipinski definition) is 2. The van der Waals surface area contributed by atoms with Gasteiger partial charge < -0.3 is 15.6 Å². The zero-order chi connectivity index (χ0) is 13.8. The molecule has 1 aromatic carbocycles. The molecule has 3 nitrogen and oxygen atoms in total. The summed E-state index contributed by atoms with van der Waals surface area (Å²) < 4.78 is 39.9. The number of alkyl halides is 3. The van der Waals surface area contributed by atoms with Crippen molar-refractivity contribution in [1.29, 1.82) is 0 Å². The van der Waals surface area contributed by atoms with Crippen LogP contribution in [0.3, 0.4) is 0 Å². The van der Waals surface area contributed by atoms with E-state index >= 15 is 0 Å². The lowest BCUT2D eigenvalue weighted by atomic mass is 10.0. The zero-order valence-corrected chi connectivity index (χ0v) is 10.8. The summed E-state index contributed by atoms with van der Waals surface area (Å²) in [6.45, 7) is 3.52. The Kier molecular flexibility index (Phi) is 6.72. The van der Waals surface area contributed by atoms with Gasteiger partial charge in [0.15, 0.2) is 0 Å². The van der Waals surface area contributed by atoms with Crippen molar-refractivity contribution in [3.05, 3.63) is 36.4 Å². The number of nitrogens with two attached hydrogens (primary N) is 1. The normalized spacial score (nSPS) is 12.4. The highest BCUT2D eigenvalue weighted by Gasteiger charge is 2.31. The van der Waals surface area contributed by atoms with Gasteiger partial charge in [-0.25, -0.2) is 0 Å². The first-order chi connectivity index (χ1) is 8.33. The molecule has 0 heterocycles. The third kappa shape index (κ3) is 5.85. The molecular formula is C12H15ClF3NO2. The second-order valence-corrected chi connectivity index (χ2v) is 3.74. The van der Waals surface area contributed by atoms with Crippen LogP contribution in [0, 0.1) is 0 Å². The number of allylic oxidation sites excluding steroid dienone is 1. The van der Waals surface area contributed by atoms with Gasteiger partial charge in [0.25, 0.3) is 0 Å². The number of phenols is 1. The van der Waals surface area contributed by atoms with E-state index in [1.807, 2.05) is 0 Å². The van der Waals surface area contributed by atoms with Crippen molar-refractivity contribution in [2.45, 2.75) is 25.2 Å². The molecule has 0 aliphatic rings. The summed E-state index contributed by atoms with van der Waals surface area (Å²) in [4.78, 5) is 0. The number of aromatic hydroxyl groups is 1. The highest BCUT2D eigenvalue weighted by Crippen LogP contribution is 2.32. The fourth-order valence-corrected chi connectivity index (χ4v) is 1.48. The molecule has 1 aromatic rings. The lowest BCUT2D eigenvalue weighted by molar-refractivity contribution is -0.274. The van der Waals surface area contributed by atoms with Crippen molar-refractivity contribution in [2.75, 3.05) is 0 Å². The van der Waals surface area contributed by atoms with E-state index in [9.17, 15) is 18.3 Å². The second-order valence-electron chi connectivity index (χ2n) is 3.74. The van der Waals surface area contributed by atoms with Crippen molar-refractivity contribution >= 4 is 12.4 Å². The van der Waals surface area contributed by atoms with E-state index in [0.29, 0.717) is 12.8 Å². The quantitative estimate of drug-likeness (QED) is 0.815. The van der Waals surface area contributed by atoms with Crippen molar-refractivity contribution in [2.24, 2.45) is 5.73 Å². The van der Waals surface area contributed by atoms with Gasteiger partial charge in [-0.2, -0.15) is 0 Å². The van der Waals surface area contributed by atoms with Crippen LogP contribution in [0.25, 0.3) is 0 Å². The molecule has 3 N–H and O–H groups in total. The molecule has 0 unspecified atom stereocenters. The molecule has 0 fully saturated rings. The summed E-state index contributed by atoms with van der Waals surface area (Å²) in [5.41, 5.74) is 5.99. The largest absolute Gasteiger partial charge is 0.573 e. The predicted molar refractivity (Wildman–Crippen MR) is 68.4 cm³/mol. The van der Waals surface area contributed by atoms with Crippen LogP contribution in [0.15, 0.2) is 30.9 Å². The van der Waals surface area contributed by atoms with Gasteiger partial charge in [-0.05, 0) is 31.0 Å². The van der Waals surface area contributed by atoms with E-state index < -0.39 is 18.2 Å². The summed E-state index contributed by atoms with van der Waals surface area (Å²) in [6.07, 6.45) is -2.04. The van der Waals surface area contributed by atoms with Gasteiger partial charge in [-0.15, -0.1) is 32.2 Å². The fourth-order valence-electron chi connectivity index (χ4n) is 1.48. The first kappa shape index (κ1) is 17.6. The maximum atomic E-state index is 12.0. The Balaban J connectivity index is 0.00000324. The number of rotatable bonds is 5. The molecule has 1 atom stereocenters. The van der Waals surface area contributed by atoms with E-state index in [1.165, 1.54) is 0 Å². The first-order valence-corrected chi connectivity index (χ1v) is 5.28. The third-order valence-corrected chi connectivity index (χ3v) is 2.31. The van der Waals surface area contributed by atoms with Crippen molar-refractivity contribution in [3.8, 4) is 11.5 Å². The van der Waals surface area contributed by atoms with Crippen molar-refractivity contribution in [3.63, 3.8) is 0 Å². The molecule has 0 spiro atoms. The Morgan fingerprint density at radius 2 is 2.05 bits per heavy atom. The molecule has 0 bridgehead atoms. The summed E-state index contributed by atoms with van der Waals surface area (Å²) in [5, 5.41) is 9.56. The first-order valence-electron chi connectivity index (χ1n) is 5.28. The average molecular weight is 298 g/mol. The average Bonchev–Trinajstić information content (AvgIpc) is 2.26. The van der Waals surface area contributed by atoms with Crippen LogP contribution in [-0.2, 0) is 0 Å². The highest BCUT2D eigenvalue weighted by atomic mass is 35.5. The predicted octanol–water partition coefficient (Wildman–Crippen LogP) is 3.68. The number of halogens is 4. The molecule has 0 radical (unpaired) electrons. The van der Waals surface area contributed by atoms with E-state index in [4.69, 9.17) is 5.73 Å². The van der Waals surface area contributed by atoms with Gasteiger partial charge in [0.2, 0.25) is 0 Å². The van der Waals surface area contributed by atoms with Crippen LogP contribution in [0.4, 0.5) is 13.2 Å². The lowest BCUT2D eigenvalue weighted by Crippen LogP contribution is -2.17. The maximum Gasteiger partial charge on any atom is 0.573 e. The van der Waals surface area contributed by atoms with E-state index in [0.717, 1.165) is 18.2 Å². The molecule has 7 heteroatoms. The van der Waals surface area contributed by atoms with Crippen LogP contribution in [-0.4, -0.2) is 11.5 Å². The van der Waals surface area contributed by atoms with E-state index in [1.54, 1.807) is 6.08 Å². The number of ether oxygens (including phenoxy) is 1. The van der Waals surface area contributed by atoms with Crippen LogP contribution < -0.4 is 10.5 Å². The van der Waals surface area contributed by atoms with Crippen LogP contribution in [0.2, 0.25) is 0 Å². The summed E-state index contributed by atoms with van der Waals surface area (Å²) >= 11 is 0. The number of hydrogen-bond acceptors (Lipinski definition) is 3. The maximum absolute atomic E-state index is 12.0. The molecule has 0 saturated carbocycles. The molecule has 0 aliphatic carbocycles. The Morgan fingerprint density at radius 1 is 1.42 bits per heavy atom. The molecule has 0 saturated heterocycles. The van der Waals surface area contributed by atoms with Gasteiger partial charge in [-0.1, -0.05) is 6.08 Å². The summed E-state index contributed by atoms with van der Waals surface area (Å²) in [5.74, 6) is -0.551. The van der Waals surface area contributed by atoms with E-state index in [2.05, 4.69) is 11.3 Å². The van der Waals surface area contributed by atoms with Crippen LogP contribution in [0.5, 0.6) is 11.5 Å². The monoisotopic (exact) mass is 297 g/mol. The van der Waals surface area contributed by atoms with Gasteiger partial charge >= 0.3 is 6.36 Å². The Bertz CT molecular complexity index is 424. The van der Waals surface area contributed by atoms with Gasteiger partial charge in [0.1, 0.15) is 11.5 Å². The molecule has 1 rings (SSSR count). The third-order valence-electron chi connectivity index (χ3n) is 2.31. The second kappa shape index (κ2) is 7.25. The van der Waals surface area contributed by atoms with Crippen molar-refractivity contribution < 1.29 is 23.0 Å². The van der Waals surface area contributed by atoms with Crippen molar-refractivity contribution in [1.82, 2.24) is 0 Å². The Labute approximate surface area is 115 Å². The number of phenolic OH excluding ortho intramolecular Hbond substituents is 1. The van der Waals surface area contributed by atoms with Gasteiger partial charge in [0.05, 0.1) is 0 Å². The minimum absolute atomic E-state index is 0. The number of benzene rings is 1. The minimum atomic E-state index is -4.76. The van der Waals surface area contributed by atoms with Crippen LogP contribution >= 0.6 is 12.4 Å². The molecule has 108 valence electrons. The molecule has 0 amide bonds. The highest BCUT2D eigenvalue weighted by molar-refractivity contribution is 5.85.